The molecule has 0 aromatic heterocycles. The molecule has 0 saturated heterocycles. The molecule has 0 saturated carbocycles. The van der Waals surface area contributed by atoms with Crippen LogP contribution in [0.2, 0.25) is 6.55 Å². The Balaban J connectivity index is 1.82. The Bertz CT molecular complexity index is 1160. The van der Waals surface area contributed by atoms with Gasteiger partial charge >= 0.3 is 8.56 Å². The molecule has 0 heterocycles. The predicted molar refractivity (Wildman–Crippen MR) is 151 cm³/mol. The maximum atomic E-state index is 5.32. The first-order chi connectivity index (χ1) is 17.0. The Morgan fingerprint density at radius 1 is 0.543 bits per heavy atom. The van der Waals surface area contributed by atoms with Crippen molar-refractivity contribution in [2.24, 2.45) is 9.32 Å². The SMILES string of the molecule is CN(C)[Si](C)(N=C(Nc1ccccc1)c1ccccc1)N=C(Nc1ccccc1)c1ccccc1. The quantitative estimate of drug-likeness (QED) is 0.188. The second kappa shape index (κ2) is 11.4. The predicted octanol–water partition coefficient (Wildman–Crippen LogP) is 6.23. The number of nitrogens with one attached hydrogen (secondary N) is 2. The first-order valence-electron chi connectivity index (χ1n) is 11.7. The van der Waals surface area contributed by atoms with Crippen LogP contribution in [0.3, 0.4) is 0 Å². The molecule has 5 nitrogen and oxygen atoms in total. The lowest BCUT2D eigenvalue weighted by molar-refractivity contribution is 0.615. The maximum Gasteiger partial charge on any atom is 0.385 e. The lowest BCUT2D eigenvalue weighted by Crippen LogP contribution is -2.47. The van der Waals surface area contributed by atoms with Crippen LogP contribution in [0.15, 0.2) is 131 Å². The zero-order valence-corrected chi connectivity index (χ0v) is 21.4. The van der Waals surface area contributed by atoms with Crippen molar-refractivity contribution in [3.63, 3.8) is 0 Å². The van der Waals surface area contributed by atoms with Crippen molar-refractivity contribution >= 4 is 31.6 Å². The van der Waals surface area contributed by atoms with Crippen LogP contribution in [0.1, 0.15) is 11.1 Å². The van der Waals surface area contributed by atoms with Crippen molar-refractivity contribution in [1.29, 1.82) is 0 Å². The van der Waals surface area contributed by atoms with E-state index in [0.29, 0.717) is 0 Å². The molecule has 0 aliphatic heterocycles. The molecular formula is C29H31N5Si. The van der Waals surface area contributed by atoms with Gasteiger partial charge in [0.1, 0.15) is 11.7 Å². The van der Waals surface area contributed by atoms with Crippen molar-refractivity contribution < 1.29 is 0 Å². The third-order valence-corrected chi connectivity index (χ3v) is 8.65. The second-order valence-electron chi connectivity index (χ2n) is 8.50. The minimum absolute atomic E-state index is 0.801. The summed E-state index contributed by atoms with van der Waals surface area (Å²) in [4.78, 5) is 0. The summed E-state index contributed by atoms with van der Waals surface area (Å²) in [5, 5.41) is 7.07. The number of amidine groups is 2. The molecule has 0 spiro atoms. The van der Waals surface area contributed by atoms with Gasteiger partial charge in [0.2, 0.25) is 0 Å². The van der Waals surface area contributed by atoms with E-state index in [0.717, 1.165) is 34.2 Å². The van der Waals surface area contributed by atoms with Gasteiger partial charge < -0.3 is 10.6 Å². The highest BCUT2D eigenvalue weighted by molar-refractivity contribution is 6.75. The number of para-hydroxylation sites is 2. The van der Waals surface area contributed by atoms with Crippen molar-refractivity contribution in [3.8, 4) is 0 Å². The molecule has 0 atom stereocenters. The fourth-order valence-corrected chi connectivity index (χ4v) is 5.15. The molecular weight excluding hydrogens is 446 g/mol. The molecule has 0 unspecified atom stereocenters. The lowest BCUT2D eigenvalue weighted by atomic mass is 10.2. The number of rotatable bonds is 7. The van der Waals surface area contributed by atoms with Gasteiger partial charge in [0.15, 0.2) is 0 Å². The van der Waals surface area contributed by atoms with Crippen molar-refractivity contribution in [3.05, 3.63) is 132 Å². The average Bonchev–Trinajstić information content (AvgIpc) is 2.90. The standard InChI is InChI=1S/C29H31N5Si/c1-34(2)35(3,32-28(24-16-8-4-9-17-24)30-26-20-12-6-13-21-26)33-29(25-18-10-5-11-19-25)31-27-22-14-7-15-23-27/h4-23H,1-3H3,(H,30,32)(H,31,33). The van der Waals surface area contributed by atoms with Crippen LogP contribution in [0.5, 0.6) is 0 Å². The summed E-state index contributed by atoms with van der Waals surface area (Å²) in [6, 6.07) is 40.7. The molecule has 0 aliphatic carbocycles. The number of hydrogen-bond acceptors (Lipinski definition) is 3. The van der Waals surface area contributed by atoms with Gasteiger partial charge in [-0.3, -0.25) is 13.9 Å². The zero-order chi connectivity index (χ0) is 24.5. The monoisotopic (exact) mass is 477 g/mol. The van der Waals surface area contributed by atoms with E-state index >= 15 is 0 Å². The number of nitrogens with zero attached hydrogens (tertiary/aromatic N) is 3. The number of anilines is 2. The van der Waals surface area contributed by atoms with Crippen LogP contribution in [0, 0.1) is 0 Å². The summed E-state index contributed by atoms with van der Waals surface area (Å²) in [7, 11) is 1.36. The fraction of sp³-hybridized carbons (Fsp3) is 0.103. The highest BCUT2D eigenvalue weighted by Crippen LogP contribution is 2.19. The van der Waals surface area contributed by atoms with Gasteiger partial charge in [0.25, 0.3) is 0 Å². The Morgan fingerprint density at radius 3 is 1.17 bits per heavy atom. The van der Waals surface area contributed by atoms with Crippen LogP contribution in [0.4, 0.5) is 11.4 Å². The topological polar surface area (TPSA) is 52.0 Å². The molecule has 0 amide bonds. The molecule has 2 N–H and O–H groups in total. The van der Waals surface area contributed by atoms with E-state index in [-0.39, 0.29) is 0 Å². The Hall–Kier alpha value is -4.00. The van der Waals surface area contributed by atoms with Gasteiger partial charge in [-0.05, 0) is 44.9 Å². The van der Waals surface area contributed by atoms with E-state index in [2.05, 4.69) is 60.1 Å². The summed E-state index contributed by atoms with van der Waals surface area (Å²) < 4.78 is 12.8. The van der Waals surface area contributed by atoms with Gasteiger partial charge in [-0.15, -0.1) is 0 Å². The average molecular weight is 478 g/mol. The molecule has 35 heavy (non-hydrogen) atoms. The maximum absolute atomic E-state index is 5.32. The molecule has 0 radical (unpaired) electrons. The third-order valence-electron chi connectivity index (χ3n) is 5.66. The van der Waals surface area contributed by atoms with E-state index in [1.807, 2.05) is 97.1 Å². The molecule has 4 aromatic carbocycles. The fourth-order valence-electron chi connectivity index (χ4n) is 3.49. The van der Waals surface area contributed by atoms with Gasteiger partial charge in [-0.2, -0.15) is 0 Å². The van der Waals surface area contributed by atoms with Gasteiger partial charge in [0, 0.05) is 22.5 Å². The lowest BCUT2D eigenvalue weighted by Gasteiger charge is -2.28. The van der Waals surface area contributed by atoms with Crippen LogP contribution in [0.25, 0.3) is 0 Å². The van der Waals surface area contributed by atoms with Gasteiger partial charge in [-0.25, -0.2) is 0 Å². The molecule has 0 fully saturated rings. The summed E-state index contributed by atoms with van der Waals surface area (Å²) >= 11 is 0. The number of benzene rings is 4. The molecule has 6 heteroatoms. The molecule has 4 aromatic rings. The molecule has 0 aliphatic rings. The summed E-state index contributed by atoms with van der Waals surface area (Å²) in [5.41, 5.74) is 4.01. The first-order valence-corrected chi connectivity index (χ1v) is 14.0. The highest BCUT2D eigenvalue weighted by Gasteiger charge is 2.33. The van der Waals surface area contributed by atoms with E-state index in [1.165, 1.54) is 0 Å². The van der Waals surface area contributed by atoms with Gasteiger partial charge in [0.05, 0.1) is 0 Å². The van der Waals surface area contributed by atoms with Crippen molar-refractivity contribution in [2.75, 3.05) is 24.7 Å². The van der Waals surface area contributed by atoms with E-state index in [9.17, 15) is 0 Å². The largest absolute Gasteiger partial charge is 0.385 e. The van der Waals surface area contributed by atoms with Crippen molar-refractivity contribution in [2.45, 2.75) is 6.55 Å². The van der Waals surface area contributed by atoms with Crippen LogP contribution >= 0.6 is 0 Å². The molecule has 4 rings (SSSR count). The summed E-state index contributed by atoms with van der Waals surface area (Å²) in [6.45, 7) is 2.15. The zero-order valence-electron chi connectivity index (χ0n) is 20.4. The first kappa shape index (κ1) is 24.1. The van der Waals surface area contributed by atoms with Crippen LogP contribution in [-0.4, -0.2) is 38.9 Å². The van der Waals surface area contributed by atoms with Crippen LogP contribution < -0.4 is 10.6 Å². The van der Waals surface area contributed by atoms with Crippen molar-refractivity contribution in [1.82, 2.24) is 4.57 Å². The smallest absolute Gasteiger partial charge is 0.341 e. The minimum Gasteiger partial charge on any atom is -0.341 e. The molecule has 176 valence electrons. The summed E-state index contributed by atoms with van der Waals surface area (Å²) in [5.74, 6) is 1.60. The van der Waals surface area contributed by atoms with E-state index in [4.69, 9.17) is 9.32 Å². The van der Waals surface area contributed by atoms with Gasteiger partial charge in [-0.1, -0.05) is 97.1 Å². The van der Waals surface area contributed by atoms with Crippen LogP contribution in [-0.2, 0) is 0 Å². The second-order valence-corrected chi connectivity index (χ2v) is 11.8. The Labute approximate surface area is 209 Å². The number of hydrogen-bond donors (Lipinski definition) is 2. The third kappa shape index (κ3) is 6.53. The minimum atomic E-state index is -2.74. The molecule has 0 bridgehead atoms. The summed E-state index contributed by atoms with van der Waals surface area (Å²) in [6.07, 6.45) is 0. The van der Waals surface area contributed by atoms with E-state index < -0.39 is 8.56 Å². The highest BCUT2D eigenvalue weighted by atomic mass is 28.4. The Morgan fingerprint density at radius 2 is 0.857 bits per heavy atom. The van der Waals surface area contributed by atoms with E-state index in [1.54, 1.807) is 0 Å². The normalized spacial score (nSPS) is 13.8. The Kier molecular flexibility index (Phi) is 7.87.